The molecule has 0 aliphatic rings. The lowest BCUT2D eigenvalue weighted by molar-refractivity contribution is -0.137. The van der Waals surface area contributed by atoms with Crippen molar-refractivity contribution in [3.8, 4) is 0 Å². The molecule has 0 unspecified atom stereocenters. The molecule has 1 heterocycles. The molecule has 3 N–H and O–H groups in total. The predicted molar refractivity (Wildman–Crippen MR) is 82.4 cm³/mol. The molecular formula is C16H12F3N3O. The monoisotopic (exact) mass is 319 g/mol. The van der Waals surface area contributed by atoms with Crippen molar-refractivity contribution in [2.75, 3.05) is 10.6 Å². The normalized spacial score (nSPS) is 11.4. The Labute approximate surface area is 129 Å². The van der Waals surface area contributed by atoms with Gasteiger partial charge in [-0.1, -0.05) is 6.07 Å². The fraction of sp³-hybridized carbons (Fsp3) is 0.0625. The number of halogens is 3. The Morgan fingerprint density at radius 1 is 0.913 bits per heavy atom. The number of nitrogens with one attached hydrogen (secondary N) is 3. The number of rotatable bonds is 2. The maximum Gasteiger partial charge on any atom is 0.416 e. The molecule has 3 aromatic rings. The lowest BCUT2D eigenvalue weighted by atomic mass is 10.2. The zero-order chi connectivity index (χ0) is 16.4. The van der Waals surface area contributed by atoms with Crippen molar-refractivity contribution in [3.63, 3.8) is 0 Å². The van der Waals surface area contributed by atoms with Crippen molar-refractivity contribution in [2.24, 2.45) is 0 Å². The molecule has 0 bridgehead atoms. The summed E-state index contributed by atoms with van der Waals surface area (Å²) in [6, 6.07) is 11.0. The highest BCUT2D eigenvalue weighted by atomic mass is 19.4. The maximum absolute atomic E-state index is 12.5. The molecule has 2 amide bonds. The standard InChI is InChI=1S/C16H12F3N3O/c17-16(18,19)11-2-5-12(6-3-11)21-15(23)22-13-4-1-10-7-8-20-14(10)9-13/h1-9,20H,(H2,21,22,23). The van der Waals surface area contributed by atoms with E-state index in [9.17, 15) is 18.0 Å². The van der Waals surface area contributed by atoms with Crippen molar-refractivity contribution in [3.05, 3.63) is 60.3 Å². The van der Waals surface area contributed by atoms with E-state index in [2.05, 4.69) is 15.6 Å². The van der Waals surface area contributed by atoms with Crippen molar-refractivity contribution in [2.45, 2.75) is 6.18 Å². The summed E-state index contributed by atoms with van der Waals surface area (Å²) in [5.41, 5.74) is 0.957. The Balaban J connectivity index is 1.66. The number of hydrogen-bond donors (Lipinski definition) is 3. The molecule has 3 rings (SSSR count). The van der Waals surface area contributed by atoms with Crippen LogP contribution in [0.2, 0.25) is 0 Å². The number of fused-ring (bicyclic) bond motifs is 1. The number of amides is 2. The molecule has 0 atom stereocenters. The lowest BCUT2D eigenvalue weighted by Crippen LogP contribution is -2.19. The van der Waals surface area contributed by atoms with Crippen LogP contribution in [0.3, 0.4) is 0 Å². The largest absolute Gasteiger partial charge is 0.416 e. The first kappa shape index (κ1) is 15.0. The van der Waals surface area contributed by atoms with Crippen LogP contribution >= 0.6 is 0 Å². The number of aromatic amines is 1. The molecule has 1 aromatic heterocycles. The fourth-order valence-electron chi connectivity index (χ4n) is 2.16. The minimum absolute atomic E-state index is 0.274. The molecule has 0 radical (unpaired) electrons. The van der Waals surface area contributed by atoms with Crippen molar-refractivity contribution in [1.29, 1.82) is 0 Å². The average molecular weight is 319 g/mol. The molecule has 2 aromatic carbocycles. The third-order valence-corrected chi connectivity index (χ3v) is 3.28. The summed E-state index contributed by atoms with van der Waals surface area (Å²) in [6.45, 7) is 0. The Bertz CT molecular complexity index is 838. The van der Waals surface area contributed by atoms with E-state index in [-0.39, 0.29) is 5.69 Å². The molecule has 7 heteroatoms. The van der Waals surface area contributed by atoms with E-state index in [1.807, 2.05) is 12.1 Å². The van der Waals surface area contributed by atoms with Gasteiger partial charge >= 0.3 is 12.2 Å². The van der Waals surface area contributed by atoms with Crippen LogP contribution in [0, 0.1) is 0 Å². The first-order valence-corrected chi connectivity index (χ1v) is 6.74. The van der Waals surface area contributed by atoms with Gasteiger partial charge in [0.2, 0.25) is 0 Å². The summed E-state index contributed by atoms with van der Waals surface area (Å²) < 4.78 is 37.4. The minimum atomic E-state index is -4.40. The highest BCUT2D eigenvalue weighted by Gasteiger charge is 2.29. The topological polar surface area (TPSA) is 56.9 Å². The van der Waals surface area contributed by atoms with E-state index >= 15 is 0 Å². The number of alkyl halides is 3. The van der Waals surface area contributed by atoms with Gasteiger partial charge in [0, 0.05) is 23.1 Å². The van der Waals surface area contributed by atoms with E-state index in [1.165, 1.54) is 12.1 Å². The molecule has 0 saturated heterocycles. The van der Waals surface area contributed by atoms with Crippen LogP contribution in [0.15, 0.2) is 54.7 Å². The van der Waals surface area contributed by atoms with Crippen molar-refractivity contribution < 1.29 is 18.0 Å². The molecule has 118 valence electrons. The Hall–Kier alpha value is -2.96. The van der Waals surface area contributed by atoms with Gasteiger partial charge in [0.1, 0.15) is 0 Å². The number of carbonyl (C=O) groups is 1. The molecule has 4 nitrogen and oxygen atoms in total. The number of carbonyl (C=O) groups excluding carboxylic acids is 1. The second kappa shape index (κ2) is 5.68. The second-order valence-electron chi connectivity index (χ2n) is 4.93. The van der Waals surface area contributed by atoms with E-state index in [1.54, 1.807) is 18.3 Å². The minimum Gasteiger partial charge on any atom is -0.361 e. The summed E-state index contributed by atoms with van der Waals surface area (Å²) in [5, 5.41) is 6.12. The number of anilines is 2. The highest BCUT2D eigenvalue weighted by Crippen LogP contribution is 2.29. The molecular weight excluding hydrogens is 307 g/mol. The lowest BCUT2D eigenvalue weighted by Gasteiger charge is -2.10. The predicted octanol–water partition coefficient (Wildman–Crippen LogP) is 4.83. The molecule has 0 aliphatic heterocycles. The third kappa shape index (κ3) is 3.45. The van der Waals surface area contributed by atoms with Crippen LogP contribution in [0.1, 0.15) is 5.56 Å². The van der Waals surface area contributed by atoms with Gasteiger partial charge in [0.25, 0.3) is 0 Å². The fourth-order valence-corrected chi connectivity index (χ4v) is 2.16. The van der Waals surface area contributed by atoms with Crippen molar-refractivity contribution >= 4 is 28.3 Å². The Kier molecular flexibility index (Phi) is 3.69. The third-order valence-electron chi connectivity index (χ3n) is 3.28. The summed E-state index contributed by atoms with van der Waals surface area (Å²) in [6.07, 6.45) is -2.61. The van der Waals surface area contributed by atoms with Crippen LogP contribution in [-0.2, 0) is 6.18 Å². The Morgan fingerprint density at radius 3 is 2.26 bits per heavy atom. The van der Waals surface area contributed by atoms with Gasteiger partial charge in [-0.3, -0.25) is 0 Å². The van der Waals surface area contributed by atoms with E-state index in [0.29, 0.717) is 5.69 Å². The first-order chi connectivity index (χ1) is 10.9. The number of aromatic nitrogens is 1. The quantitative estimate of drug-likeness (QED) is 0.622. The van der Waals surface area contributed by atoms with E-state index in [4.69, 9.17) is 0 Å². The summed E-state index contributed by atoms with van der Waals surface area (Å²) >= 11 is 0. The van der Waals surface area contributed by atoms with E-state index in [0.717, 1.165) is 23.0 Å². The van der Waals surface area contributed by atoms with Crippen LogP contribution in [0.5, 0.6) is 0 Å². The van der Waals surface area contributed by atoms with Gasteiger partial charge in [0.15, 0.2) is 0 Å². The maximum atomic E-state index is 12.5. The molecule has 0 spiro atoms. The molecule has 23 heavy (non-hydrogen) atoms. The number of urea groups is 1. The molecule has 0 fully saturated rings. The molecule has 0 aliphatic carbocycles. The highest BCUT2D eigenvalue weighted by molar-refractivity contribution is 6.00. The first-order valence-electron chi connectivity index (χ1n) is 6.74. The second-order valence-corrected chi connectivity index (χ2v) is 4.93. The van der Waals surface area contributed by atoms with E-state index < -0.39 is 17.8 Å². The van der Waals surface area contributed by atoms with Gasteiger partial charge in [-0.15, -0.1) is 0 Å². The van der Waals surface area contributed by atoms with Crippen LogP contribution in [0.25, 0.3) is 10.9 Å². The van der Waals surface area contributed by atoms with Gasteiger partial charge < -0.3 is 15.6 Å². The van der Waals surface area contributed by atoms with Gasteiger partial charge in [-0.2, -0.15) is 13.2 Å². The summed E-state index contributed by atoms with van der Waals surface area (Å²) in [4.78, 5) is 14.9. The van der Waals surface area contributed by atoms with Crippen LogP contribution < -0.4 is 10.6 Å². The smallest absolute Gasteiger partial charge is 0.361 e. The zero-order valence-corrected chi connectivity index (χ0v) is 11.7. The van der Waals surface area contributed by atoms with Gasteiger partial charge in [0.05, 0.1) is 5.56 Å². The van der Waals surface area contributed by atoms with Crippen molar-refractivity contribution in [1.82, 2.24) is 4.98 Å². The SMILES string of the molecule is O=C(Nc1ccc(C(F)(F)F)cc1)Nc1ccc2cc[nH]c2c1. The van der Waals surface area contributed by atoms with Gasteiger partial charge in [-0.25, -0.2) is 4.79 Å². The zero-order valence-electron chi connectivity index (χ0n) is 11.7. The van der Waals surface area contributed by atoms with Crippen LogP contribution in [0.4, 0.5) is 29.3 Å². The number of hydrogen-bond acceptors (Lipinski definition) is 1. The summed E-state index contributed by atoms with van der Waals surface area (Å²) in [5.74, 6) is 0. The van der Waals surface area contributed by atoms with Crippen LogP contribution in [-0.4, -0.2) is 11.0 Å². The number of benzene rings is 2. The summed E-state index contributed by atoms with van der Waals surface area (Å²) in [7, 11) is 0. The van der Waals surface area contributed by atoms with Gasteiger partial charge in [-0.05, 0) is 47.9 Å². The average Bonchev–Trinajstić information content (AvgIpc) is 2.94. The Morgan fingerprint density at radius 2 is 1.57 bits per heavy atom. The number of H-pyrrole nitrogens is 1. The molecule has 0 saturated carbocycles.